The molecule has 1 aromatic carbocycles. The molecule has 2 unspecified atom stereocenters. The highest BCUT2D eigenvalue weighted by molar-refractivity contribution is 8.09. The molecule has 1 N–H and O–H groups in total. The Morgan fingerprint density at radius 2 is 2.04 bits per heavy atom. The Morgan fingerprint density at radius 1 is 1.25 bits per heavy atom. The monoisotopic (exact) mass is 412 g/mol. The number of hydrogen-bond donors (Lipinski definition) is 2. The van der Waals surface area contributed by atoms with Crippen molar-refractivity contribution in [1.29, 1.82) is 0 Å². The van der Waals surface area contributed by atoms with Gasteiger partial charge in [0.1, 0.15) is 0 Å². The molecule has 2 atom stereocenters. The summed E-state index contributed by atoms with van der Waals surface area (Å²) in [5.74, 6) is -0.581. The molecule has 0 saturated heterocycles. The van der Waals surface area contributed by atoms with Crippen LogP contribution in [0.4, 0.5) is 0 Å². The molecule has 2 aliphatic rings. The van der Waals surface area contributed by atoms with Gasteiger partial charge in [-0.25, -0.2) is 4.79 Å². The van der Waals surface area contributed by atoms with Gasteiger partial charge in [0.15, 0.2) is 0 Å². The van der Waals surface area contributed by atoms with Crippen molar-refractivity contribution >= 4 is 35.5 Å². The number of aliphatic carboxylic acids is 1. The van der Waals surface area contributed by atoms with Crippen LogP contribution < -0.4 is 0 Å². The number of rotatable bonds is 5. The van der Waals surface area contributed by atoms with Crippen molar-refractivity contribution < 1.29 is 9.90 Å². The molecular formula is C22H24N2O2S2. The molecule has 1 aliphatic carbocycles. The van der Waals surface area contributed by atoms with Crippen LogP contribution in [0.5, 0.6) is 0 Å². The topological polar surface area (TPSA) is 53.4 Å². The van der Waals surface area contributed by atoms with Crippen LogP contribution in [0.2, 0.25) is 0 Å². The number of carbonyl (C=O) groups is 1. The van der Waals surface area contributed by atoms with Crippen LogP contribution >= 0.6 is 24.6 Å². The Balaban J connectivity index is 1.75. The number of fused-ring (bicyclic) bond motifs is 1. The number of benzene rings is 1. The van der Waals surface area contributed by atoms with Gasteiger partial charge in [0.05, 0.1) is 17.8 Å². The minimum absolute atomic E-state index is 0.182. The standard InChI is InChI=1S/C22H24N2O2S2/c1-24(27)13-18-16(9-5-11-23-18)14-6-4-7-15(12-14)21-20(22(25)26)17-8-2-3-10-19(17)28-21/h4-7,9,11-12,17,19,27H,2-3,8,10,13H2,1H3,(H,25,26). The van der Waals surface area contributed by atoms with E-state index in [4.69, 9.17) is 0 Å². The average Bonchev–Trinajstić information content (AvgIpc) is 3.08. The maximum absolute atomic E-state index is 12.1. The van der Waals surface area contributed by atoms with Crippen LogP contribution in [0, 0.1) is 5.92 Å². The van der Waals surface area contributed by atoms with Gasteiger partial charge in [-0.1, -0.05) is 49.9 Å². The third kappa shape index (κ3) is 3.86. The number of carboxylic acids is 1. The Bertz CT molecular complexity index is 926. The smallest absolute Gasteiger partial charge is 0.333 e. The largest absolute Gasteiger partial charge is 0.478 e. The summed E-state index contributed by atoms with van der Waals surface area (Å²) in [7, 11) is 1.90. The molecule has 0 radical (unpaired) electrons. The number of thioether (sulfide) groups is 1. The Labute approximate surface area is 175 Å². The van der Waals surface area contributed by atoms with Crippen LogP contribution in [0.1, 0.15) is 36.9 Å². The molecule has 1 aliphatic heterocycles. The zero-order chi connectivity index (χ0) is 19.7. The maximum atomic E-state index is 12.1. The first-order valence-corrected chi connectivity index (χ1v) is 10.9. The lowest BCUT2D eigenvalue weighted by Gasteiger charge is -2.25. The molecule has 2 heterocycles. The van der Waals surface area contributed by atoms with Gasteiger partial charge in [-0.3, -0.25) is 9.29 Å². The lowest BCUT2D eigenvalue weighted by Crippen LogP contribution is -2.22. The van der Waals surface area contributed by atoms with E-state index in [0.717, 1.165) is 46.6 Å². The van der Waals surface area contributed by atoms with E-state index < -0.39 is 5.97 Å². The Morgan fingerprint density at radius 3 is 2.82 bits per heavy atom. The number of thiol groups is 1. The highest BCUT2D eigenvalue weighted by atomic mass is 32.2. The van der Waals surface area contributed by atoms with Gasteiger partial charge in [0.25, 0.3) is 0 Å². The van der Waals surface area contributed by atoms with Crippen molar-refractivity contribution in [2.75, 3.05) is 7.05 Å². The molecule has 28 heavy (non-hydrogen) atoms. The summed E-state index contributed by atoms with van der Waals surface area (Å²) in [6.07, 6.45) is 6.22. The maximum Gasteiger partial charge on any atom is 0.333 e. The molecule has 4 nitrogen and oxygen atoms in total. The average molecular weight is 413 g/mol. The lowest BCUT2D eigenvalue weighted by atomic mass is 9.83. The Hall–Kier alpha value is -1.76. The lowest BCUT2D eigenvalue weighted by molar-refractivity contribution is -0.133. The van der Waals surface area contributed by atoms with E-state index in [-0.39, 0.29) is 5.92 Å². The second-order valence-corrected chi connectivity index (χ2v) is 9.42. The van der Waals surface area contributed by atoms with Crippen LogP contribution in [0.15, 0.2) is 48.2 Å². The molecule has 1 fully saturated rings. The molecule has 1 aromatic heterocycles. The number of nitrogens with zero attached hydrogens (tertiary/aromatic N) is 2. The highest BCUT2D eigenvalue weighted by Crippen LogP contribution is 2.53. The van der Waals surface area contributed by atoms with E-state index >= 15 is 0 Å². The molecule has 146 valence electrons. The summed E-state index contributed by atoms with van der Waals surface area (Å²) in [4.78, 5) is 17.5. The van der Waals surface area contributed by atoms with Crippen LogP contribution in [0.3, 0.4) is 0 Å². The fraction of sp³-hybridized carbons (Fsp3) is 0.364. The molecule has 1 saturated carbocycles. The fourth-order valence-corrected chi connectivity index (χ4v) is 6.09. The summed E-state index contributed by atoms with van der Waals surface area (Å²) in [6, 6.07) is 12.2. The first kappa shape index (κ1) is 19.6. The van der Waals surface area contributed by atoms with Crippen molar-refractivity contribution in [2.45, 2.75) is 37.5 Å². The summed E-state index contributed by atoms with van der Waals surface area (Å²) in [6.45, 7) is 0.630. The summed E-state index contributed by atoms with van der Waals surface area (Å²) in [5.41, 5.74) is 4.70. The van der Waals surface area contributed by atoms with Gasteiger partial charge in [0, 0.05) is 27.8 Å². The Kier molecular flexibility index (Phi) is 5.80. The van der Waals surface area contributed by atoms with Gasteiger partial charge < -0.3 is 5.11 Å². The third-order valence-corrected chi connectivity index (χ3v) is 7.22. The van der Waals surface area contributed by atoms with Crippen molar-refractivity contribution in [3.63, 3.8) is 0 Å². The van der Waals surface area contributed by atoms with E-state index in [0.29, 0.717) is 17.4 Å². The molecule has 6 heteroatoms. The number of carboxylic acid groups (broad SMARTS) is 1. The SMILES string of the molecule is CN(S)Cc1ncccc1-c1cccc(C2=C(C(=O)O)C3CCCCC3S2)c1. The van der Waals surface area contributed by atoms with E-state index in [9.17, 15) is 9.90 Å². The molecule has 0 amide bonds. The highest BCUT2D eigenvalue weighted by Gasteiger charge is 2.40. The van der Waals surface area contributed by atoms with Crippen molar-refractivity contribution in [3.8, 4) is 11.1 Å². The number of aromatic nitrogens is 1. The van der Waals surface area contributed by atoms with Gasteiger partial charge in [-0.15, -0.1) is 11.8 Å². The van der Waals surface area contributed by atoms with Crippen LogP contribution in [0.25, 0.3) is 16.0 Å². The predicted octanol–water partition coefficient (Wildman–Crippen LogP) is 5.13. The van der Waals surface area contributed by atoms with E-state index in [1.54, 1.807) is 22.3 Å². The van der Waals surface area contributed by atoms with Crippen molar-refractivity contribution in [2.24, 2.45) is 5.92 Å². The number of pyridine rings is 1. The van der Waals surface area contributed by atoms with Crippen molar-refractivity contribution in [3.05, 3.63) is 59.4 Å². The van der Waals surface area contributed by atoms with Gasteiger partial charge in [0.2, 0.25) is 0 Å². The summed E-state index contributed by atoms with van der Waals surface area (Å²) in [5, 5.41) is 10.3. The van der Waals surface area contributed by atoms with Crippen molar-refractivity contribution in [1.82, 2.24) is 9.29 Å². The first-order chi connectivity index (χ1) is 13.5. The molecule has 4 rings (SSSR count). The quantitative estimate of drug-likeness (QED) is 0.667. The van der Waals surface area contributed by atoms with E-state index in [1.165, 1.54) is 6.42 Å². The van der Waals surface area contributed by atoms with Gasteiger partial charge in [-0.05, 0) is 43.1 Å². The van der Waals surface area contributed by atoms with E-state index in [1.807, 2.05) is 25.2 Å². The van der Waals surface area contributed by atoms with E-state index in [2.05, 4.69) is 36.0 Å². The first-order valence-electron chi connectivity index (χ1n) is 9.63. The molecule has 0 spiro atoms. The minimum Gasteiger partial charge on any atom is -0.478 e. The zero-order valence-corrected chi connectivity index (χ0v) is 17.5. The second-order valence-electron chi connectivity index (χ2n) is 7.49. The number of hydrogen-bond acceptors (Lipinski definition) is 5. The third-order valence-electron chi connectivity index (χ3n) is 5.52. The normalized spacial score (nSPS) is 21.8. The summed E-state index contributed by atoms with van der Waals surface area (Å²) >= 11 is 6.12. The van der Waals surface area contributed by atoms with Gasteiger partial charge in [-0.2, -0.15) is 0 Å². The fourth-order valence-electron chi connectivity index (χ4n) is 4.30. The predicted molar refractivity (Wildman–Crippen MR) is 118 cm³/mol. The zero-order valence-electron chi connectivity index (χ0n) is 15.8. The van der Waals surface area contributed by atoms with Crippen LogP contribution in [-0.4, -0.2) is 32.7 Å². The minimum atomic E-state index is -0.763. The van der Waals surface area contributed by atoms with Gasteiger partial charge >= 0.3 is 5.97 Å². The molecule has 2 aromatic rings. The molecule has 0 bridgehead atoms. The van der Waals surface area contributed by atoms with Crippen LogP contribution in [-0.2, 0) is 11.3 Å². The molecular weight excluding hydrogens is 388 g/mol. The summed E-state index contributed by atoms with van der Waals surface area (Å²) < 4.78 is 1.80. The second kappa shape index (κ2) is 8.31.